The fraction of sp³-hybridized carbons (Fsp3) is 0.946. The van der Waals surface area contributed by atoms with E-state index >= 15 is 0 Å². The molecule has 0 unspecified atom stereocenters. The second-order valence-electron chi connectivity index (χ2n) is 15.9. The van der Waals surface area contributed by atoms with Gasteiger partial charge in [0.1, 0.15) is 29.7 Å². The molecule has 0 aromatic heterocycles. The number of hydrogen-bond donors (Lipinski definition) is 5. The number of carbonyl (C=O) groups excluding carboxylic acids is 2. The second kappa shape index (κ2) is 17.4. The fourth-order valence-corrected chi connectivity index (χ4v) is 8.18. The van der Waals surface area contributed by atoms with Gasteiger partial charge >= 0.3 is 5.97 Å². The molecule has 0 amide bonds. The SMILES string of the molecule is CC[C@H]1OC(=O)[C@H](C)[C@@H](O[C@H]2C[C@@](C)(OC)[C@@H](O)[C@H](C)O2)[C@H](C)[C@@H](O[C@@H]2O[C@H](C)C[C@H](NC)[C@@H]2O)[C@](C)(OC)[C@H](C)CC(=O)[C@H](C)[C@@H](O)[C@]1(C)O. The molecule has 14 heteroatoms. The number of methoxy groups -OCH3 is 2. The lowest BCUT2D eigenvalue weighted by molar-refractivity contribution is -0.319. The van der Waals surface area contributed by atoms with Gasteiger partial charge in [0.05, 0.1) is 47.6 Å². The zero-order valence-corrected chi connectivity index (χ0v) is 33.0. The lowest BCUT2D eigenvalue weighted by Gasteiger charge is -2.50. The first-order chi connectivity index (χ1) is 23.6. The van der Waals surface area contributed by atoms with E-state index in [0.29, 0.717) is 6.42 Å². The zero-order chi connectivity index (χ0) is 38.8. The molecular formula is C37H67NO13. The van der Waals surface area contributed by atoms with Gasteiger partial charge in [-0.25, -0.2) is 0 Å². The van der Waals surface area contributed by atoms with E-state index in [9.17, 15) is 30.0 Å². The summed E-state index contributed by atoms with van der Waals surface area (Å²) in [6.45, 7) is 17.1. The van der Waals surface area contributed by atoms with Gasteiger partial charge in [0.25, 0.3) is 0 Å². The number of rotatable bonds is 8. The highest BCUT2D eigenvalue weighted by Gasteiger charge is 2.54. The Kier molecular flexibility index (Phi) is 15.1. The number of esters is 1. The molecule has 0 radical (unpaired) electrons. The number of aliphatic hydroxyl groups is 4. The van der Waals surface area contributed by atoms with Crippen molar-refractivity contribution < 1.29 is 63.2 Å². The summed E-state index contributed by atoms with van der Waals surface area (Å²) in [5.74, 6) is -4.34. The molecule has 0 aromatic rings. The molecule has 3 saturated heterocycles. The summed E-state index contributed by atoms with van der Waals surface area (Å²) in [5.41, 5.74) is -4.25. The van der Waals surface area contributed by atoms with Crippen LogP contribution in [0.25, 0.3) is 0 Å². The lowest BCUT2D eigenvalue weighted by Crippen LogP contribution is -2.62. The maximum Gasteiger partial charge on any atom is 0.311 e. The van der Waals surface area contributed by atoms with Crippen molar-refractivity contribution in [2.45, 2.75) is 179 Å². The average molecular weight is 734 g/mol. The maximum absolute atomic E-state index is 14.1. The van der Waals surface area contributed by atoms with Crippen molar-refractivity contribution in [1.82, 2.24) is 5.32 Å². The number of carbonyl (C=O) groups is 2. The van der Waals surface area contributed by atoms with Crippen LogP contribution in [0, 0.1) is 23.7 Å². The van der Waals surface area contributed by atoms with Crippen molar-refractivity contribution in [3.8, 4) is 0 Å². The van der Waals surface area contributed by atoms with Gasteiger partial charge in [-0.05, 0) is 67.3 Å². The number of likely N-dealkylation sites (N-methyl/N-ethyl adjacent to an activating group) is 1. The summed E-state index contributed by atoms with van der Waals surface area (Å²) in [6.07, 6.45) is -8.96. The first kappa shape index (κ1) is 44.1. The predicted octanol–water partition coefficient (Wildman–Crippen LogP) is 2.10. The third-order valence-electron chi connectivity index (χ3n) is 12.3. The molecule has 3 heterocycles. The van der Waals surface area contributed by atoms with E-state index in [4.69, 9.17) is 33.2 Å². The van der Waals surface area contributed by atoms with Crippen LogP contribution >= 0.6 is 0 Å². The number of nitrogens with one attached hydrogen (secondary N) is 1. The Morgan fingerprint density at radius 1 is 0.902 bits per heavy atom. The molecule has 0 saturated carbocycles. The van der Waals surface area contributed by atoms with Crippen LogP contribution in [0.1, 0.15) is 94.9 Å². The molecule has 14 nitrogen and oxygen atoms in total. The molecule has 3 fully saturated rings. The number of Topliss-reactive ketones (excluding diaryl/α,β-unsaturated/α-hetero) is 1. The van der Waals surface area contributed by atoms with E-state index in [0.717, 1.165) is 0 Å². The van der Waals surface area contributed by atoms with Gasteiger partial charge in [-0.1, -0.05) is 27.7 Å². The van der Waals surface area contributed by atoms with Gasteiger partial charge in [-0.15, -0.1) is 0 Å². The molecule has 51 heavy (non-hydrogen) atoms. The van der Waals surface area contributed by atoms with Crippen molar-refractivity contribution in [1.29, 1.82) is 0 Å². The van der Waals surface area contributed by atoms with E-state index in [-0.39, 0.29) is 37.2 Å². The second-order valence-corrected chi connectivity index (χ2v) is 15.9. The van der Waals surface area contributed by atoms with Crippen LogP contribution in [0.15, 0.2) is 0 Å². The van der Waals surface area contributed by atoms with Crippen molar-refractivity contribution in [2.75, 3.05) is 21.3 Å². The number of hydrogen-bond acceptors (Lipinski definition) is 14. The largest absolute Gasteiger partial charge is 0.459 e. The van der Waals surface area contributed by atoms with Crippen molar-refractivity contribution in [3.05, 3.63) is 0 Å². The highest BCUT2D eigenvalue weighted by atomic mass is 16.7. The Hall–Kier alpha value is -1.30. The molecule has 3 rings (SSSR count). The van der Waals surface area contributed by atoms with Crippen LogP contribution in [0.5, 0.6) is 0 Å². The summed E-state index contributed by atoms with van der Waals surface area (Å²) >= 11 is 0. The third kappa shape index (κ3) is 9.16. The minimum atomic E-state index is -1.96. The lowest BCUT2D eigenvalue weighted by atomic mass is 9.72. The van der Waals surface area contributed by atoms with Crippen LogP contribution in [0.4, 0.5) is 0 Å². The molecule has 3 aliphatic rings. The number of aliphatic hydroxyl groups excluding tert-OH is 3. The van der Waals surface area contributed by atoms with Crippen molar-refractivity contribution in [2.24, 2.45) is 23.7 Å². The van der Waals surface area contributed by atoms with E-state index < -0.39 is 102 Å². The van der Waals surface area contributed by atoms with Gasteiger partial charge in [0, 0.05) is 44.9 Å². The molecular weight excluding hydrogens is 666 g/mol. The smallest absolute Gasteiger partial charge is 0.311 e. The molecule has 0 aliphatic carbocycles. The van der Waals surface area contributed by atoms with Crippen molar-refractivity contribution in [3.63, 3.8) is 0 Å². The summed E-state index contributed by atoms with van der Waals surface area (Å²) in [4.78, 5) is 28.0. The number of ketones is 1. The van der Waals surface area contributed by atoms with E-state index in [2.05, 4.69) is 5.32 Å². The van der Waals surface area contributed by atoms with Crippen LogP contribution in [0.2, 0.25) is 0 Å². The van der Waals surface area contributed by atoms with E-state index in [1.54, 1.807) is 48.6 Å². The highest BCUT2D eigenvalue weighted by Crippen LogP contribution is 2.42. The van der Waals surface area contributed by atoms with Gasteiger partial charge in [0.15, 0.2) is 12.6 Å². The molecule has 298 valence electrons. The van der Waals surface area contributed by atoms with E-state index in [1.165, 1.54) is 21.1 Å². The molecule has 18 atom stereocenters. The summed E-state index contributed by atoms with van der Waals surface area (Å²) in [7, 11) is 4.76. The molecule has 3 aliphatic heterocycles. The monoisotopic (exact) mass is 733 g/mol. The normalized spacial score (nSPS) is 49.6. The Balaban J connectivity index is 2.22. The first-order valence-electron chi connectivity index (χ1n) is 18.5. The number of ether oxygens (including phenoxy) is 7. The standard InChI is InChI=1S/C37H67NO13/c1-14-26-36(9,44)30(41)20(4)25(39)15-18(2)37(10,46-13)32(51-34-28(40)24(38-11)16-19(3)47-34)21(5)29(22(6)33(43)49-26)50-27-17-35(8,45-12)31(42)23(7)48-27/h18-24,26-32,34,38,40-42,44H,14-17H2,1-13H3/t18-,19-,20+,21+,22-,23+,24+,26-,27+,28+,29+,30-,31+,32-,34+,35-,36-,37-/m1/s1. The minimum Gasteiger partial charge on any atom is -0.459 e. The predicted molar refractivity (Wildman–Crippen MR) is 186 cm³/mol. The molecule has 0 aromatic carbocycles. The van der Waals surface area contributed by atoms with Crippen molar-refractivity contribution >= 4 is 11.8 Å². The Morgan fingerprint density at radius 2 is 1.53 bits per heavy atom. The number of cyclic esters (lactones) is 1. The summed E-state index contributed by atoms with van der Waals surface area (Å²) in [5, 5.41) is 48.4. The van der Waals surface area contributed by atoms with Crippen LogP contribution in [-0.4, -0.2) is 138 Å². The molecule has 0 bridgehead atoms. The van der Waals surface area contributed by atoms with E-state index in [1.807, 2.05) is 20.8 Å². The van der Waals surface area contributed by atoms with Crippen LogP contribution in [0.3, 0.4) is 0 Å². The minimum absolute atomic E-state index is 0.0557. The van der Waals surface area contributed by atoms with Gasteiger partial charge in [-0.2, -0.15) is 0 Å². The van der Waals surface area contributed by atoms with Crippen LogP contribution < -0.4 is 5.32 Å². The molecule has 5 N–H and O–H groups in total. The Morgan fingerprint density at radius 3 is 2.08 bits per heavy atom. The summed E-state index contributed by atoms with van der Waals surface area (Å²) < 4.78 is 43.7. The third-order valence-corrected chi connectivity index (χ3v) is 12.3. The van der Waals surface area contributed by atoms with Gasteiger partial charge in [-0.3, -0.25) is 9.59 Å². The maximum atomic E-state index is 14.1. The Bertz CT molecular complexity index is 1160. The highest BCUT2D eigenvalue weighted by molar-refractivity contribution is 5.81. The fourth-order valence-electron chi connectivity index (χ4n) is 8.18. The topological polar surface area (TPSA) is 192 Å². The molecule has 0 spiro atoms. The first-order valence-corrected chi connectivity index (χ1v) is 18.5. The van der Waals surface area contributed by atoms with Gasteiger partial charge < -0.3 is 58.9 Å². The quantitative estimate of drug-likeness (QED) is 0.228. The zero-order valence-electron chi connectivity index (χ0n) is 33.0. The summed E-state index contributed by atoms with van der Waals surface area (Å²) in [6, 6.07) is -0.335. The van der Waals surface area contributed by atoms with Gasteiger partial charge in [0.2, 0.25) is 0 Å². The average Bonchev–Trinajstić information content (AvgIpc) is 3.09. The van der Waals surface area contributed by atoms with Crippen LogP contribution in [-0.2, 0) is 42.7 Å². The Labute approximate surface area is 304 Å².